The molecule has 1 atom stereocenters. The highest BCUT2D eigenvalue weighted by atomic mass is 32.2. The third-order valence-corrected chi connectivity index (χ3v) is 4.83. The van der Waals surface area contributed by atoms with E-state index in [0.29, 0.717) is 11.4 Å². The lowest BCUT2D eigenvalue weighted by atomic mass is 10.1. The van der Waals surface area contributed by atoms with Crippen molar-refractivity contribution in [1.82, 2.24) is 4.98 Å². The molecule has 1 fully saturated rings. The number of hydrogen-bond acceptors (Lipinski definition) is 5. The van der Waals surface area contributed by atoms with E-state index in [0.717, 1.165) is 5.56 Å². The summed E-state index contributed by atoms with van der Waals surface area (Å²) < 4.78 is 25.1. The molecule has 1 aromatic carbocycles. The molecule has 0 bridgehead atoms. The monoisotopic (exact) mass is 350 g/mol. The van der Waals surface area contributed by atoms with Gasteiger partial charge in [-0.2, -0.15) is 0 Å². The topological polar surface area (TPSA) is 59.5 Å². The first-order chi connectivity index (χ1) is 11.5. The van der Waals surface area contributed by atoms with Gasteiger partial charge < -0.3 is 0 Å². The maximum Gasteiger partial charge on any atom is 0.397 e. The van der Waals surface area contributed by atoms with E-state index >= 15 is 0 Å². The Balaban J connectivity index is 1.98. The Hall–Kier alpha value is -2.48. The number of rotatable bonds is 3. The second kappa shape index (κ2) is 6.56. The molecule has 124 valence electrons. The Kier molecular flexibility index (Phi) is 4.48. The number of pyridine rings is 1. The molecule has 1 saturated heterocycles. The first-order valence-electron chi connectivity index (χ1n) is 7.01. The summed E-state index contributed by atoms with van der Waals surface area (Å²) in [5.74, 6) is -1.40. The number of thioether (sulfide) groups is 1. The molecule has 0 radical (unpaired) electrons. The molecule has 2 aromatic rings. The summed E-state index contributed by atoms with van der Waals surface area (Å²) in [6.07, 6.45) is 0. The van der Waals surface area contributed by atoms with E-state index in [4.69, 9.17) is 0 Å². The van der Waals surface area contributed by atoms with Gasteiger partial charge in [-0.1, -0.05) is 12.1 Å². The maximum absolute atomic E-state index is 13.1. The zero-order valence-electron chi connectivity index (χ0n) is 12.5. The molecule has 0 aliphatic carbocycles. The van der Waals surface area contributed by atoms with Crippen LogP contribution in [0.2, 0.25) is 0 Å². The number of aromatic nitrogens is 1. The molecule has 2 heterocycles. The fraction of sp³-hybridized carbons (Fsp3) is 0.188. The number of carbonyl (C=O) groups is 2. The minimum atomic E-state index is -1.19. The van der Waals surface area contributed by atoms with Crippen molar-refractivity contribution in [2.45, 2.75) is 12.3 Å². The quantitative estimate of drug-likeness (QED) is 0.850. The average molecular weight is 350 g/mol. The zero-order chi connectivity index (χ0) is 17.3. The standard InChI is InChI=1S/C16H12F2N2O3S/c1-9-13(7-6-12(19-9)16(22)23-18)20-14(21)8-24-15(20)10-2-4-11(17)5-3-10/h2-7,15H,8H2,1H3. The minimum Gasteiger partial charge on any atom is -0.293 e. The van der Waals surface area contributed by atoms with E-state index in [2.05, 4.69) is 9.93 Å². The second-order valence-electron chi connectivity index (χ2n) is 5.14. The van der Waals surface area contributed by atoms with E-state index in [1.165, 1.54) is 36.0 Å². The van der Waals surface area contributed by atoms with Crippen molar-refractivity contribution >= 4 is 29.3 Å². The Bertz CT molecular complexity index is 798. The first kappa shape index (κ1) is 16.4. The highest BCUT2D eigenvalue weighted by Crippen LogP contribution is 2.42. The van der Waals surface area contributed by atoms with Crippen LogP contribution in [0.15, 0.2) is 36.4 Å². The summed E-state index contributed by atoms with van der Waals surface area (Å²) >= 11 is 1.41. The smallest absolute Gasteiger partial charge is 0.293 e. The van der Waals surface area contributed by atoms with Crippen LogP contribution >= 0.6 is 11.8 Å². The molecule has 1 amide bonds. The van der Waals surface area contributed by atoms with Crippen molar-refractivity contribution in [2.24, 2.45) is 0 Å². The number of aryl methyl sites for hydroxylation is 1. The molecule has 3 rings (SSSR count). The largest absolute Gasteiger partial charge is 0.397 e. The number of halogens is 2. The van der Waals surface area contributed by atoms with Gasteiger partial charge in [0, 0.05) is 4.53 Å². The Morgan fingerprint density at radius 3 is 2.62 bits per heavy atom. The summed E-state index contributed by atoms with van der Waals surface area (Å²) in [5, 5.41) is -0.322. The fourth-order valence-electron chi connectivity index (χ4n) is 2.52. The lowest BCUT2D eigenvalue weighted by molar-refractivity contribution is -0.115. The summed E-state index contributed by atoms with van der Waals surface area (Å²) in [7, 11) is 0. The van der Waals surface area contributed by atoms with Gasteiger partial charge in [-0.05, 0) is 36.8 Å². The highest BCUT2D eigenvalue weighted by molar-refractivity contribution is 8.00. The van der Waals surface area contributed by atoms with Crippen LogP contribution in [-0.2, 0) is 9.74 Å². The highest BCUT2D eigenvalue weighted by Gasteiger charge is 2.35. The molecule has 0 saturated carbocycles. The van der Waals surface area contributed by atoms with E-state index < -0.39 is 5.97 Å². The van der Waals surface area contributed by atoms with E-state index in [9.17, 15) is 18.5 Å². The van der Waals surface area contributed by atoms with Crippen LogP contribution in [0.4, 0.5) is 14.6 Å². The van der Waals surface area contributed by atoms with Crippen LogP contribution in [0, 0.1) is 12.7 Å². The van der Waals surface area contributed by atoms with Crippen LogP contribution in [0.1, 0.15) is 27.1 Å². The third kappa shape index (κ3) is 2.96. The van der Waals surface area contributed by atoms with Crippen LogP contribution in [0.25, 0.3) is 0 Å². The van der Waals surface area contributed by atoms with Gasteiger partial charge in [0.15, 0.2) is 5.69 Å². The number of amides is 1. The number of carbonyl (C=O) groups excluding carboxylic acids is 2. The van der Waals surface area contributed by atoms with Gasteiger partial charge in [-0.15, -0.1) is 11.8 Å². The molecule has 1 aliphatic rings. The average Bonchev–Trinajstić information content (AvgIpc) is 2.96. The number of nitrogens with zero attached hydrogens (tertiary/aromatic N) is 2. The van der Waals surface area contributed by atoms with Gasteiger partial charge in [-0.25, -0.2) is 19.1 Å². The van der Waals surface area contributed by atoms with Crippen molar-refractivity contribution in [2.75, 3.05) is 10.7 Å². The van der Waals surface area contributed by atoms with E-state index in [1.54, 1.807) is 24.0 Å². The molecule has 0 spiro atoms. The van der Waals surface area contributed by atoms with Crippen molar-refractivity contribution in [3.8, 4) is 0 Å². The summed E-state index contributed by atoms with van der Waals surface area (Å²) in [5.41, 5.74) is 1.49. The fourth-order valence-corrected chi connectivity index (χ4v) is 3.69. The number of hydrogen-bond donors (Lipinski definition) is 0. The number of benzene rings is 1. The van der Waals surface area contributed by atoms with Gasteiger partial charge >= 0.3 is 5.97 Å². The molecule has 1 aromatic heterocycles. The van der Waals surface area contributed by atoms with Crippen LogP contribution in [0.3, 0.4) is 0 Å². The molecule has 24 heavy (non-hydrogen) atoms. The molecule has 1 aliphatic heterocycles. The normalized spacial score (nSPS) is 17.2. The SMILES string of the molecule is Cc1nc(C(=O)OF)ccc1N1C(=O)CSC1c1ccc(F)cc1. The van der Waals surface area contributed by atoms with E-state index in [-0.39, 0.29) is 28.5 Å². The van der Waals surface area contributed by atoms with Crippen molar-refractivity contribution in [3.05, 3.63) is 59.2 Å². The Morgan fingerprint density at radius 2 is 2.00 bits per heavy atom. The van der Waals surface area contributed by atoms with Crippen LogP contribution in [0.5, 0.6) is 0 Å². The Morgan fingerprint density at radius 1 is 1.29 bits per heavy atom. The number of anilines is 1. The molecule has 1 unspecified atom stereocenters. The molecule has 8 heteroatoms. The van der Waals surface area contributed by atoms with E-state index in [1.807, 2.05) is 0 Å². The van der Waals surface area contributed by atoms with Gasteiger partial charge in [0.1, 0.15) is 11.2 Å². The van der Waals surface area contributed by atoms with Crippen LogP contribution in [-0.4, -0.2) is 22.6 Å². The van der Waals surface area contributed by atoms with Crippen LogP contribution < -0.4 is 4.90 Å². The minimum absolute atomic E-state index is 0.125. The molecule has 5 nitrogen and oxygen atoms in total. The molecular weight excluding hydrogens is 338 g/mol. The zero-order valence-corrected chi connectivity index (χ0v) is 13.3. The lowest BCUT2D eigenvalue weighted by Gasteiger charge is -2.25. The third-order valence-electron chi connectivity index (χ3n) is 3.62. The van der Waals surface area contributed by atoms with Gasteiger partial charge in [-0.3, -0.25) is 9.69 Å². The summed E-state index contributed by atoms with van der Waals surface area (Å²) in [4.78, 5) is 32.2. The molecular formula is C16H12F2N2O3S. The van der Waals surface area contributed by atoms with Gasteiger partial charge in [0.05, 0.1) is 17.1 Å². The molecule has 0 N–H and O–H groups in total. The van der Waals surface area contributed by atoms with Gasteiger partial charge in [0.25, 0.3) is 0 Å². The maximum atomic E-state index is 13.1. The lowest BCUT2D eigenvalue weighted by Crippen LogP contribution is -2.29. The Labute approximate surface area is 140 Å². The summed E-state index contributed by atoms with van der Waals surface area (Å²) in [6, 6.07) is 8.73. The summed E-state index contributed by atoms with van der Waals surface area (Å²) in [6.45, 7) is 1.61. The first-order valence-corrected chi connectivity index (χ1v) is 8.06. The second-order valence-corrected chi connectivity index (χ2v) is 6.21. The predicted octanol–water partition coefficient (Wildman–Crippen LogP) is 3.35. The van der Waals surface area contributed by atoms with Crippen molar-refractivity contribution < 1.29 is 23.4 Å². The predicted molar refractivity (Wildman–Crippen MR) is 84.6 cm³/mol. The van der Waals surface area contributed by atoms with Crippen molar-refractivity contribution in [1.29, 1.82) is 0 Å². The van der Waals surface area contributed by atoms with Crippen molar-refractivity contribution in [3.63, 3.8) is 0 Å². The van der Waals surface area contributed by atoms with Gasteiger partial charge in [0.2, 0.25) is 5.91 Å².